The van der Waals surface area contributed by atoms with Gasteiger partial charge in [-0.1, -0.05) is 30.3 Å². The molecule has 5 rings (SSSR count). The quantitative estimate of drug-likeness (QED) is 0.269. The lowest BCUT2D eigenvalue weighted by atomic mass is 9.79. The minimum Gasteiger partial charge on any atom is -0.489 e. The standard InChI is InChI=1S/C36H45N3O5/c1-24-9-7-11-28(25(24)2)21-39(29-13-14-29)34(40)32-22-38(35(41)44-36(3,4)5)18-16-31(32)27-10-8-12-30(20-27)43-23-26-15-17-37-33(19-26)42-6/h7-12,15,17,19-20,29,31-32H,13-14,16,18,21-23H2,1-6H3/t31-,32+/m1/s1. The fraction of sp³-hybridized carbons (Fsp3) is 0.472. The minimum absolute atomic E-state index is 0.0642. The Balaban J connectivity index is 1.40. The van der Waals surface area contributed by atoms with Gasteiger partial charge in [0.1, 0.15) is 18.0 Å². The Morgan fingerprint density at radius 1 is 1.02 bits per heavy atom. The predicted molar refractivity (Wildman–Crippen MR) is 170 cm³/mol. The van der Waals surface area contributed by atoms with E-state index in [1.807, 2.05) is 51.1 Å². The summed E-state index contributed by atoms with van der Waals surface area (Å²) in [6, 6.07) is 18.3. The number of benzene rings is 2. The summed E-state index contributed by atoms with van der Waals surface area (Å²) in [6.07, 6.45) is 4.00. The van der Waals surface area contributed by atoms with E-state index < -0.39 is 11.5 Å². The normalized spacial score (nSPS) is 18.5. The monoisotopic (exact) mass is 599 g/mol. The summed E-state index contributed by atoms with van der Waals surface area (Å²) < 4.78 is 17.1. The summed E-state index contributed by atoms with van der Waals surface area (Å²) in [5.74, 6) is 0.904. The topological polar surface area (TPSA) is 81.2 Å². The molecule has 8 heteroatoms. The number of likely N-dealkylation sites (tertiary alicyclic amines) is 1. The van der Waals surface area contributed by atoms with Gasteiger partial charge in [0, 0.05) is 37.9 Å². The molecule has 1 aliphatic carbocycles. The summed E-state index contributed by atoms with van der Waals surface area (Å²) in [7, 11) is 1.59. The van der Waals surface area contributed by atoms with Crippen molar-refractivity contribution in [1.29, 1.82) is 0 Å². The summed E-state index contributed by atoms with van der Waals surface area (Å²) in [5, 5.41) is 0. The van der Waals surface area contributed by atoms with Crippen molar-refractivity contribution >= 4 is 12.0 Å². The van der Waals surface area contributed by atoms with Crippen LogP contribution in [-0.4, -0.2) is 58.6 Å². The van der Waals surface area contributed by atoms with Crippen molar-refractivity contribution in [2.24, 2.45) is 5.92 Å². The number of hydrogen-bond acceptors (Lipinski definition) is 6. The lowest BCUT2D eigenvalue weighted by Gasteiger charge is -2.40. The van der Waals surface area contributed by atoms with E-state index in [0.717, 1.165) is 29.7 Å². The summed E-state index contributed by atoms with van der Waals surface area (Å²) in [5.41, 5.74) is 5.00. The highest BCUT2D eigenvalue weighted by Gasteiger charge is 2.43. The van der Waals surface area contributed by atoms with Crippen LogP contribution in [0, 0.1) is 19.8 Å². The van der Waals surface area contributed by atoms with Gasteiger partial charge in [0.15, 0.2) is 0 Å². The van der Waals surface area contributed by atoms with Gasteiger partial charge in [-0.15, -0.1) is 0 Å². The minimum atomic E-state index is -0.610. The highest BCUT2D eigenvalue weighted by atomic mass is 16.6. The van der Waals surface area contributed by atoms with Crippen LogP contribution < -0.4 is 9.47 Å². The largest absolute Gasteiger partial charge is 0.489 e. The third-order valence-corrected chi connectivity index (χ3v) is 8.61. The number of carbonyl (C=O) groups is 2. The first-order chi connectivity index (χ1) is 21.0. The molecule has 0 bridgehead atoms. The summed E-state index contributed by atoms with van der Waals surface area (Å²) in [4.78, 5) is 35.7. The highest BCUT2D eigenvalue weighted by molar-refractivity contribution is 5.82. The fourth-order valence-electron chi connectivity index (χ4n) is 5.90. The van der Waals surface area contributed by atoms with Gasteiger partial charge >= 0.3 is 6.09 Å². The smallest absolute Gasteiger partial charge is 0.410 e. The lowest BCUT2D eigenvalue weighted by molar-refractivity contribution is -0.139. The van der Waals surface area contributed by atoms with E-state index in [0.29, 0.717) is 38.5 Å². The number of hydrogen-bond donors (Lipinski definition) is 0. The second-order valence-corrected chi connectivity index (χ2v) is 13.1. The number of aromatic nitrogens is 1. The Bertz CT molecular complexity index is 1480. The van der Waals surface area contributed by atoms with Crippen LogP contribution in [0.1, 0.15) is 73.8 Å². The van der Waals surface area contributed by atoms with Gasteiger partial charge < -0.3 is 24.0 Å². The number of ether oxygens (including phenoxy) is 3. The van der Waals surface area contributed by atoms with E-state index >= 15 is 0 Å². The maximum atomic E-state index is 14.6. The van der Waals surface area contributed by atoms with Crippen LogP contribution in [-0.2, 0) is 22.7 Å². The van der Waals surface area contributed by atoms with E-state index in [4.69, 9.17) is 14.2 Å². The zero-order valence-corrected chi connectivity index (χ0v) is 26.8. The Morgan fingerprint density at radius 2 is 1.80 bits per heavy atom. The van der Waals surface area contributed by atoms with Crippen LogP contribution in [0.25, 0.3) is 0 Å². The van der Waals surface area contributed by atoms with Gasteiger partial charge in [-0.3, -0.25) is 4.79 Å². The first-order valence-electron chi connectivity index (χ1n) is 15.6. The van der Waals surface area contributed by atoms with E-state index in [-0.39, 0.29) is 24.0 Å². The number of piperidine rings is 1. The average Bonchev–Trinajstić information content (AvgIpc) is 3.85. The zero-order valence-electron chi connectivity index (χ0n) is 26.8. The van der Waals surface area contributed by atoms with Gasteiger partial charge in [-0.2, -0.15) is 0 Å². The zero-order chi connectivity index (χ0) is 31.4. The second kappa shape index (κ2) is 13.3. The predicted octanol–water partition coefficient (Wildman–Crippen LogP) is 6.82. The Hall–Kier alpha value is -4.07. The lowest BCUT2D eigenvalue weighted by Crippen LogP contribution is -2.51. The third-order valence-electron chi connectivity index (χ3n) is 8.61. The summed E-state index contributed by atoms with van der Waals surface area (Å²) >= 11 is 0. The van der Waals surface area contributed by atoms with Crippen molar-refractivity contribution in [1.82, 2.24) is 14.8 Å². The van der Waals surface area contributed by atoms with Gasteiger partial charge in [0.2, 0.25) is 11.8 Å². The van der Waals surface area contributed by atoms with Gasteiger partial charge in [-0.05, 0) is 106 Å². The molecule has 2 amide bonds. The molecule has 2 heterocycles. The van der Waals surface area contributed by atoms with Crippen molar-refractivity contribution < 1.29 is 23.8 Å². The molecule has 2 atom stereocenters. The number of amides is 2. The Labute approximate surface area is 261 Å². The third kappa shape index (κ3) is 7.71. The number of aryl methyl sites for hydroxylation is 1. The van der Waals surface area contributed by atoms with E-state index in [1.165, 1.54) is 16.7 Å². The molecule has 1 aromatic heterocycles. The van der Waals surface area contributed by atoms with Crippen LogP contribution in [0.3, 0.4) is 0 Å². The van der Waals surface area contributed by atoms with Crippen molar-refractivity contribution in [2.45, 2.75) is 84.6 Å². The van der Waals surface area contributed by atoms with Gasteiger partial charge in [0.25, 0.3) is 0 Å². The van der Waals surface area contributed by atoms with Crippen molar-refractivity contribution in [3.63, 3.8) is 0 Å². The molecule has 0 radical (unpaired) electrons. The molecule has 234 valence electrons. The number of methoxy groups -OCH3 is 1. The van der Waals surface area contributed by atoms with E-state index in [2.05, 4.69) is 48.0 Å². The molecule has 1 saturated heterocycles. The average molecular weight is 600 g/mol. The maximum absolute atomic E-state index is 14.6. The van der Waals surface area contributed by atoms with Crippen LogP contribution >= 0.6 is 0 Å². The van der Waals surface area contributed by atoms with Crippen LogP contribution in [0.15, 0.2) is 60.8 Å². The maximum Gasteiger partial charge on any atom is 0.410 e. The molecular weight excluding hydrogens is 554 g/mol. The van der Waals surface area contributed by atoms with E-state index in [9.17, 15) is 9.59 Å². The molecule has 2 aliphatic rings. The highest BCUT2D eigenvalue weighted by Crippen LogP contribution is 2.39. The molecule has 3 aromatic rings. The fourth-order valence-corrected chi connectivity index (χ4v) is 5.90. The van der Waals surface area contributed by atoms with Crippen LogP contribution in [0.2, 0.25) is 0 Å². The van der Waals surface area contributed by atoms with Gasteiger partial charge in [0.05, 0.1) is 13.0 Å². The molecule has 2 fully saturated rings. The van der Waals surface area contributed by atoms with E-state index in [1.54, 1.807) is 18.2 Å². The Kier molecular flexibility index (Phi) is 9.47. The number of pyridine rings is 1. The van der Waals surface area contributed by atoms with Crippen molar-refractivity contribution in [3.8, 4) is 11.6 Å². The number of nitrogens with zero attached hydrogens (tertiary/aromatic N) is 3. The molecule has 0 unspecified atom stereocenters. The first kappa shape index (κ1) is 31.4. The number of rotatable bonds is 9. The SMILES string of the molecule is COc1cc(COc2cccc([C@H]3CCN(C(=O)OC(C)(C)C)C[C@@H]3C(=O)N(Cc3cccc(C)c3C)C3CC3)c2)ccn1. The van der Waals surface area contributed by atoms with Gasteiger partial charge in [-0.25, -0.2) is 9.78 Å². The molecule has 44 heavy (non-hydrogen) atoms. The van der Waals surface area contributed by atoms with Crippen molar-refractivity contribution in [2.75, 3.05) is 20.2 Å². The molecule has 1 aliphatic heterocycles. The molecule has 2 aromatic carbocycles. The molecule has 0 N–H and O–H groups in total. The van der Waals surface area contributed by atoms with Crippen molar-refractivity contribution in [3.05, 3.63) is 88.6 Å². The van der Waals surface area contributed by atoms with Crippen LogP contribution in [0.5, 0.6) is 11.6 Å². The first-order valence-corrected chi connectivity index (χ1v) is 15.6. The summed E-state index contributed by atoms with van der Waals surface area (Å²) in [6.45, 7) is 11.6. The molecule has 0 spiro atoms. The Morgan fingerprint density at radius 3 is 2.52 bits per heavy atom. The molecular formula is C36H45N3O5. The van der Waals surface area contributed by atoms with Crippen LogP contribution in [0.4, 0.5) is 4.79 Å². The molecule has 1 saturated carbocycles. The number of carbonyl (C=O) groups excluding carboxylic acids is 2. The second-order valence-electron chi connectivity index (χ2n) is 13.1. The molecule has 8 nitrogen and oxygen atoms in total.